The van der Waals surface area contributed by atoms with Crippen LogP contribution in [0.4, 0.5) is 0 Å². The molecular weight excluding hydrogens is 290 g/mol. The minimum Gasteiger partial charge on any atom is -0.446 e. The van der Waals surface area contributed by atoms with E-state index < -0.39 is 10.0 Å². The summed E-state index contributed by atoms with van der Waals surface area (Å²) in [5.41, 5.74) is 0. The van der Waals surface area contributed by atoms with Crippen LogP contribution in [0.25, 0.3) is 0 Å². The smallest absolute Gasteiger partial charge is 0.273 e. The van der Waals surface area contributed by atoms with Crippen molar-refractivity contribution in [1.82, 2.24) is 4.72 Å². The van der Waals surface area contributed by atoms with E-state index in [2.05, 4.69) is 11.6 Å². The Morgan fingerprint density at radius 1 is 1.05 bits per heavy atom. The van der Waals surface area contributed by atoms with Gasteiger partial charge in [0.05, 0.1) is 0 Å². The second-order valence-corrected chi connectivity index (χ2v) is 6.95. The van der Waals surface area contributed by atoms with Crippen molar-refractivity contribution < 1.29 is 17.9 Å². The lowest BCUT2D eigenvalue weighted by Crippen LogP contribution is -2.24. The zero-order valence-corrected chi connectivity index (χ0v) is 13.6. The number of furan rings is 1. The molecule has 6 heteroatoms. The standard InChI is InChI=1S/C15H27NO4S/c1-2-3-4-5-6-7-8-9-12-16-21(18,19)15-11-10-14(13-17)20-15/h10-11,16-17H,2-9,12-13H2,1H3. The van der Waals surface area contributed by atoms with Gasteiger partial charge in [-0.05, 0) is 18.6 Å². The predicted octanol–water partition coefficient (Wildman–Crippen LogP) is 3.19. The first-order chi connectivity index (χ1) is 10.1. The molecule has 0 aliphatic rings. The van der Waals surface area contributed by atoms with Gasteiger partial charge in [-0.25, -0.2) is 13.1 Å². The quantitative estimate of drug-likeness (QED) is 0.580. The van der Waals surface area contributed by atoms with Crippen LogP contribution in [0.2, 0.25) is 0 Å². The van der Waals surface area contributed by atoms with Crippen molar-refractivity contribution in [2.75, 3.05) is 6.54 Å². The molecule has 2 N–H and O–H groups in total. The number of sulfonamides is 1. The maximum Gasteiger partial charge on any atom is 0.273 e. The van der Waals surface area contributed by atoms with Gasteiger partial charge in [-0.2, -0.15) is 0 Å². The molecule has 21 heavy (non-hydrogen) atoms. The third-order valence-electron chi connectivity index (χ3n) is 3.38. The first kappa shape index (κ1) is 18.2. The summed E-state index contributed by atoms with van der Waals surface area (Å²) < 4.78 is 31.3. The lowest BCUT2D eigenvalue weighted by atomic mass is 10.1. The highest BCUT2D eigenvalue weighted by atomic mass is 32.2. The first-order valence-corrected chi connectivity index (χ1v) is 9.27. The lowest BCUT2D eigenvalue weighted by Gasteiger charge is -2.04. The molecule has 0 saturated carbocycles. The van der Waals surface area contributed by atoms with E-state index in [0.29, 0.717) is 6.54 Å². The molecule has 1 aromatic rings. The highest BCUT2D eigenvalue weighted by molar-refractivity contribution is 7.89. The summed E-state index contributed by atoms with van der Waals surface area (Å²) in [6, 6.07) is 2.83. The molecule has 0 saturated heterocycles. The van der Waals surface area contributed by atoms with Crippen molar-refractivity contribution >= 4 is 10.0 Å². The molecule has 0 radical (unpaired) electrons. The van der Waals surface area contributed by atoms with Gasteiger partial charge in [0.2, 0.25) is 5.09 Å². The maximum atomic E-state index is 11.9. The van der Waals surface area contributed by atoms with Gasteiger partial charge in [0, 0.05) is 6.54 Å². The van der Waals surface area contributed by atoms with E-state index in [-0.39, 0.29) is 17.5 Å². The molecule has 1 rings (SSSR count). The van der Waals surface area contributed by atoms with Crippen LogP contribution in [0.5, 0.6) is 0 Å². The Morgan fingerprint density at radius 2 is 1.67 bits per heavy atom. The summed E-state index contributed by atoms with van der Waals surface area (Å²) in [5.74, 6) is 0.252. The normalized spacial score (nSPS) is 11.9. The third-order valence-corrected chi connectivity index (χ3v) is 4.71. The second-order valence-electron chi connectivity index (χ2n) is 5.25. The van der Waals surface area contributed by atoms with Gasteiger partial charge >= 0.3 is 0 Å². The highest BCUT2D eigenvalue weighted by Gasteiger charge is 2.17. The third kappa shape index (κ3) is 7.11. The molecular formula is C15H27NO4S. The van der Waals surface area contributed by atoms with E-state index in [4.69, 9.17) is 9.52 Å². The maximum absolute atomic E-state index is 11.9. The van der Waals surface area contributed by atoms with Gasteiger partial charge in [-0.15, -0.1) is 0 Å². The Kier molecular flexibility index (Phi) is 8.64. The van der Waals surface area contributed by atoms with Gasteiger partial charge in [0.25, 0.3) is 10.0 Å². The van der Waals surface area contributed by atoms with Crippen LogP contribution in [-0.4, -0.2) is 20.1 Å². The average Bonchev–Trinajstić information content (AvgIpc) is 2.95. The lowest BCUT2D eigenvalue weighted by molar-refractivity contribution is 0.236. The van der Waals surface area contributed by atoms with Crippen LogP contribution in [0.15, 0.2) is 21.6 Å². The minimum atomic E-state index is -3.58. The molecule has 5 nitrogen and oxygen atoms in total. The molecule has 0 aromatic carbocycles. The predicted molar refractivity (Wildman–Crippen MR) is 82.4 cm³/mol. The van der Waals surface area contributed by atoms with Crippen molar-refractivity contribution in [2.24, 2.45) is 0 Å². The van der Waals surface area contributed by atoms with Gasteiger partial charge < -0.3 is 9.52 Å². The van der Waals surface area contributed by atoms with Crippen LogP contribution in [-0.2, 0) is 16.6 Å². The average molecular weight is 317 g/mol. The summed E-state index contributed by atoms with van der Waals surface area (Å²) in [4.78, 5) is 0. The summed E-state index contributed by atoms with van der Waals surface area (Å²) in [6.07, 6.45) is 9.39. The molecule has 0 fully saturated rings. The zero-order chi connectivity index (χ0) is 15.6. The van der Waals surface area contributed by atoms with Crippen LogP contribution in [0.3, 0.4) is 0 Å². The van der Waals surface area contributed by atoms with E-state index >= 15 is 0 Å². The van der Waals surface area contributed by atoms with Crippen molar-refractivity contribution in [3.05, 3.63) is 17.9 Å². The van der Waals surface area contributed by atoms with Gasteiger partial charge in [0.15, 0.2) is 0 Å². The number of unbranched alkanes of at least 4 members (excludes halogenated alkanes) is 7. The number of hydrogen-bond acceptors (Lipinski definition) is 4. The Labute approximate surface area is 127 Å². The van der Waals surface area contributed by atoms with E-state index in [9.17, 15) is 8.42 Å². The van der Waals surface area contributed by atoms with Gasteiger partial charge in [-0.3, -0.25) is 0 Å². The molecule has 0 bridgehead atoms. The molecule has 0 aliphatic heterocycles. The van der Waals surface area contributed by atoms with Gasteiger partial charge in [-0.1, -0.05) is 51.9 Å². The molecule has 0 unspecified atom stereocenters. The van der Waals surface area contributed by atoms with Crippen LogP contribution in [0.1, 0.15) is 64.1 Å². The van der Waals surface area contributed by atoms with E-state index in [1.165, 1.54) is 44.2 Å². The SMILES string of the molecule is CCCCCCCCCCNS(=O)(=O)c1ccc(CO)o1. The monoisotopic (exact) mass is 317 g/mol. The number of aliphatic hydroxyl groups is 1. The van der Waals surface area contributed by atoms with Gasteiger partial charge in [0.1, 0.15) is 12.4 Å². The summed E-state index contributed by atoms with van der Waals surface area (Å²) in [5, 5.41) is 8.72. The largest absolute Gasteiger partial charge is 0.446 e. The molecule has 0 amide bonds. The Hall–Kier alpha value is -0.850. The van der Waals surface area contributed by atoms with Crippen LogP contribution >= 0.6 is 0 Å². The summed E-state index contributed by atoms with van der Waals surface area (Å²) in [6.45, 7) is 2.33. The fourth-order valence-corrected chi connectivity index (χ4v) is 3.14. The van der Waals surface area contributed by atoms with E-state index in [1.54, 1.807) is 0 Å². The van der Waals surface area contributed by atoms with Crippen LogP contribution < -0.4 is 4.72 Å². The Morgan fingerprint density at radius 3 is 2.24 bits per heavy atom. The number of hydrogen-bond donors (Lipinski definition) is 2. The minimum absolute atomic E-state index is 0.133. The summed E-state index contributed by atoms with van der Waals surface area (Å²) in [7, 11) is -3.58. The fraction of sp³-hybridized carbons (Fsp3) is 0.733. The molecule has 0 aliphatic carbocycles. The number of aliphatic hydroxyl groups excluding tert-OH is 1. The van der Waals surface area contributed by atoms with Crippen molar-refractivity contribution in [3.63, 3.8) is 0 Å². The van der Waals surface area contributed by atoms with E-state index in [0.717, 1.165) is 19.3 Å². The van der Waals surface area contributed by atoms with Crippen LogP contribution in [0, 0.1) is 0 Å². The molecule has 1 heterocycles. The number of nitrogens with one attached hydrogen (secondary N) is 1. The van der Waals surface area contributed by atoms with E-state index in [1.807, 2.05) is 0 Å². The molecule has 0 atom stereocenters. The van der Waals surface area contributed by atoms with Crippen molar-refractivity contribution in [2.45, 2.75) is 70.0 Å². The molecule has 122 valence electrons. The Balaban J connectivity index is 2.14. The summed E-state index contributed by atoms with van der Waals surface area (Å²) >= 11 is 0. The highest BCUT2D eigenvalue weighted by Crippen LogP contribution is 2.14. The topological polar surface area (TPSA) is 79.5 Å². The molecule has 1 aromatic heterocycles. The molecule has 0 spiro atoms. The fourth-order valence-electron chi connectivity index (χ4n) is 2.12. The van der Waals surface area contributed by atoms with Crippen molar-refractivity contribution in [1.29, 1.82) is 0 Å². The number of rotatable bonds is 12. The zero-order valence-electron chi connectivity index (χ0n) is 12.8. The Bertz CT molecular complexity index is 482. The van der Waals surface area contributed by atoms with Crippen molar-refractivity contribution in [3.8, 4) is 0 Å². The first-order valence-electron chi connectivity index (χ1n) is 7.79. The second kappa shape index (κ2) is 9.97.